The standard InChI is InChI=1S/C3H7PS2/c1-2-4-6-5-3-1/h4H,1-3H2. The van der Waals surface area contributed by atoms with Crippen molar-refractivity contribution in [3.63, 3.8) is 0 Å². The molecule has 1 atom stereocenters. The fourth-order valence-corrected chi connectivity index (χ4v) is 5.20. The first-order valence-corrected chi connectivity index (χ1v) is 6.26. The lowest BCUT2D eigenvalue weighted by molar-refractivity contribution is 1.13. The quantitative estimate of drug-likeness (QED) is 0.372. The third-order valence-corrected chi connectivity index (χ3v) is 5.81. The molecule has 1 fully saturated rings. The van der Waals surface area contributed by atoms with Gasteiger partial charge in [-0.3, -0.25) is 0 Å². The van der Waals surface area contributed by atoms with Crippen LogP contribution in [-0.4, -0.2) is 11.9 Å². The van der Waals surface area contributed by atoms with Crippen LogP contribution in [0.2, 0.25) is 0 Å². The number of hydrogen-bond acceptors (Lipinski definition) is 2. The van der Waals surface area contributed by atoms with Gasteiger partial charge in [-0.1, -0.05) is 21.2 Å². The number of rotatable bonds is 0. The molecule has 0 aromatic rings. The smallest absolute Gasteiger partial charge is 0.00436 e. The molecule has 0 aromatic carbocycles. The molecule has 0 saturated carbocycles. The fourth-order valence-electron chi connectivity index (χ4n) is 0.328. The highest BCUT2D eigenvalue weighted by atomic mass is 33.3. The molecule has 0 nitrogen and oxygen atoms in total. The predicted molar refractivity (Wildman–Crippen MR) is 37.8 cm³/mol. The molecule has 1 rings (SSSR count). The van der Waals surface area contributed by atoms with E-state index in [9.17, 15) is 0 Å². The van der Waals surface area contributed by atoms with Gasteiger partial charge in [-0.2, -0.15) is 0 Å². The molecule has 1 unspecified atom stereocenters. The Morgan fingerprint density at radius 2 is 2.50 bits per heavy atom. The molecule has 1 aliphatic heterocycles. The van der Waals surface area contributed by atoms with Crippen molar-refractivity contribution >= 4 is 29.0 Å². The molecule has 6 heavy (non-hydrogen) atoms. The van der Waals surface area contributed by atoms with Crippen molar-refractivity contribution in [2.24, 2.45) is 0 Å². The third kappa shape index (κ3) is 1.72. The lowest BCUT2D eigenvalue weighted by Gasteiger charge is -2.04. The van der Waals surface area contributed by atoms with Crippen LogP contribution in [0.5, 0.6) is 0 Å². The van der Waals surface area contributed by atoms with E-state index in [1.54, 1.807) is 0 Å². The lowest BCUT2D eigenvalue weighted by atomic mass is 10.6. The van der Waals surface area contributed by atoms with Gasteiger partial charge in [0.1, 0.15) is 0 Å². The maximum absolute atomic E-state index is 2.04. The average Bonchev–Trinajstić information content (AvgIpc) is 1.72. The summed E-state index contributed by atoms with van der Waals surface area (Å²) >= 11 is 0. The van der Waals surface area contributed by atoms with Crippen LogP contribution in [0.15, 0.2) is 0 Å². The van der Waals surface area contributed by atoms with E-state index in [-0.39, 0.29) is 0 Å². The van der Waals surface area contributed by atoms with E-state index in [1.807, 2.05) is 21.2 Å². The van der Waals surface area contributed by atoms with Gasteiger partial charge in [0.25, 0.3) is 0 Å². The van der Waals surface area contributed by atoms with Gasteiger partial charge in [0.2, 0.25) is 0 Å². The topological polar surface area (TPSA) is 0 Å². The van der Waals surface area contributed by atoms with E-state index >= 15 is 0 Å². The van der Waals surface area contributed by atoms with Crippen molar-refractivity contribution in [2.45, 2.75) is 6.42 Å². The Labute approximate surface area is 47.8 Å². The highest BCUT2D eigenvalue weighted by Gasteiger charge is 1.96. The molecule has 0 aromatic heterocycles. The zero-order valence-corrected chi connectivity index (χ0v) is 6.07. The number of hydrogen-bond donors (Lipinski definition) is 0. The van der Waals surface area contributed by atoms with Gasteiger partial charge in [0, 0.05) is 5.75 Å². The summed E-state index contributed by atoms with van der Waals surface area (Å²) in [6.45, 7) is 0. The van der Waals surface area contributed by atoms with E-state index in [0.717, 1.165) is 0 Å². The van der Waals surface area contributed by atoms with Crippen LogP contribution in [0.25, 0.3) is 0 Å². The first-order chi connectivity index (χ1) is 3.00. The van der Waals surface area contributed by atoms with Crippen LogP contribution >= 0.6 is 29.0 Å². The van der Waals surface area contributed by atoms with Gasteiger partial charge in [0.05, 0.1) is 0 Å². The van der Waals surface area contributed by atoms with Gasteiger partial charge in [0.15, 0.2) is 0 Å². The van der Waals surface area contributed by atoms with Crippen LogP contribution in [0.4, 0.5) is 0 Å². The second kappa shape index (κ2) is 3.17. The summed E-state index contributed by atoms with van der Waals surface area (Å²) in [5.41, 5.74) is 0. The maximum atomic E-state index is 2.04. The summed E-state index contributed by atoms with van der Waals surface area (Å²) in [7, 11) is 5.24. The minimum Gasteiger partial charge on any atom is -0.0899 e. The largest absolute Gasteiger partial charge is 0.0899 e. The van der Waals surface area contributed by atoms with Crippen LogP contribution < -0.4 is 0 Å². The molecular weight excluding hydrogens is 131 g/mol. The Kier molecular flexibility index (Phi) is 2.79. The normalized spacial score (nSPS) is 28.0. The molecule has 1 heterocycles. The summed E-state index contributed by atoms with van der Waals surface area (Å²) in [5, 5.41) is 0. The van der Waals surface area contributed by atoms with Crippen molar-refractivity contribution in [2.75, 3.05) is 11.9 Å². The van der Waals surface area contributed by atoms with Crippen molar-refractivity contribution in [1.82, 2.24) is 0 Å². The van der Waals surface area contributed by atoms with E-state index < -0.39 is 0 Å². The predicted octanol–water partition coefficient (Wildman–Crippen LogP) is 2.37. The minimum atomic E-state index is 1.18. The molecule has 36 valence electrons. The van der Waals surface area contributed by atoms with Gasteiger partial charge in [-0.25, -0.2) is 0 Å². The summed E-state index contributed by atoms with van der Waals surface area (Å²) in [6, 6.07) is 0. The van der Waals surface area contributed by atoms with E-state index in [0.29, 0.717) is 0 Å². The average molecular weight is 138 g/mol. The SMILES string of the molecule is C1CPSSC1. The molecule has 0 bridgehead atoms. The Hall–Kier alpha value is 1.13. The molecule has 0 amide bonds. The highest BCUT2D eigenvalue weighted by molar-refractivity contribution is 8.96. The second-order valence-corrected chi connectivity index (χ2v) is 6.33. The van der Waals surface area contributed by atoms with E-state index in [4.69, 9.17) is 0 Å². The molecule has 3 heteroatoms. The van der Waals surface area contributed by atoms with Gasteiger partial charge in [-0.15, -0.1) is 0 Å². The monoisotopic (exact) mass is 138 g/mol. The molecule has 0 aliphatic carbocycles. The van der Waals surface area contributed by atoms with Crippen LogP contribution in [0, 0.1) is 0 Å². The van der Waals surface area contributed by atoms with Crippen molar-refractivity contribution in [3.05, 3.63) is 0 Å². The lowest BCUT2D eigenvalue weighted by Crippen LogP contribution is -1.80. The van der Waals surface area contributed by atoms with Crippen molar-refractivity contribution < 1.29 is 0 Å². The van der Waals surface area contributed by atoms with Gasteiger partial charge in [-0.05, 0) is 20.4 Å². The van der Waals surface area contributed by atoms with Crippen LogP contribution in [-0.2, 0) is 0 Å². The molecule has 0 spiro atoms. The van der Waals surface area contributed by atoms with E-state index in [2.05, 4.69) is 0 Å². The van der Waals surface area contributed by atoms with Crippen LogP contribution in [0.3, 0.4) is 0 Å². The zero-order chi connectivity index (χ0) is 4.24. The van der Waals surface area contributed by atoms with Crippen molar-refractivity contribution in [1.29, 1.82) is 0 Å². The zero-order valence-electron chi connectivity index (χ0n) is 3.44. The molecule has 0 radical (unpaired) electrons. The Morgan fingerprint density at radius 3 is 2.67 bits per heavy atom. The first kappa shape index (κ1) is 5.27. The van der Waals surface area contributed by atoms with E-state index in [1.165, 1.54) is 26.1 Å². The van der Waals surface area contributed by atoms with Gasteiger partial charge >= 0.3 is 0 Å². The minimum absolute atomic E-state index is 1.18. The van der Waals surface area contributed by atoms with Crippen LogP contribution in [0.1, 0.15) is 6.42 Å². The third-order valence-electron chi connectivity index (χ3n) is 0.624. The Morgan fingerprint density at radius 1 is 1.50 bits per heavy atom. The van der Waals surface area contributed by atoms with Gasteiger partial charge < -0.3 is 0 Å². The Balaban J connectivity index is 2.00. The maximum Gasteiger partial charge on any atom is 0.00436 e. The van der Waals surface area contributed by atoms with Crippen molar-refractivity contribution in [3.8, 4) is 0 Å². The highest BCUT2D eigenvalue weighted by Crippen LogP contribution is 2.44. The summed E-state index contributed by atoms with van der Waals surface area (Å²) in [5.74, 6) is 1.39. The summed E-state index contributed by atoms with van der Waals surface area (Å²) in [4.78, 5) is 0. The second-order valence-electron chi connectivity index (χ2n) is 1.15. The fraction of sp³-hybridized carbons (Fsp3) is 1.00. The Bertz CT molecular complexity index is 24.3. The molecule has 0 N–H and O–H groups in total. The first-order valence-electron chi connectivity index (χ1n) is 2.01. The summed E-state index contributed by atoms with van der Waals surface area (Å²) in [6.07, 6.45) is 2.92. The molecule has 1 saturated heterocycles. The molecule has 1 aliphatic rings. The summed E-state index contributed by atoms with van der Waals surface area (Å²) < 4.78 is 0. The molecular formula is C3H7PS2.